The lowest BCUT2D eigenvalue weighted by atomic mass is 10.1. The number of carbonyl (C=O) groups excluding carboxylic acids is 2. The molecule has 1 aliphatic rings. The number of nitrogens with zero attached hydrogens (tertiary/aromatic N) is 3. The van der Waals surface area contributed by atoms with Crippen LogP contribution in [0.4, 0.5) is 11.4 Å². The number of piperazine rings is 1. The number of aryl methyl sites for hydroxylation is 2. The van der Waals surface area contributed by atoms with Gasteiger partial charge in [-0.2, -0.15) is 0 Å². The Morgan fingerprint density at radius 2 is 1.70 bits per heavy atom. The van der Waals surface area contributed by atoms with E-state index in [4.69, 9.17) is 0 Å². The van der Waals surface area contributed by atoms with Crippen molar-refractivity contribution in [2.45, 2.75) is 19.8 Å². The summed E-state index contributed by atoms with van der Waals surface area (Å²) in [5.41, 5.74) is 4.65. The van der Waals surface area contributed by atoms with Crippen molar-refractivity contribution < 1.29 is 9.59 Å². The molecule has 1 saturated heterocycles. The molecule has 2 heterocycles. The first kappa shape index (κ1) is 22.7. The van der Waals surface area contributed by atoms with E-state index in [1.54, 1.807) is 6.07 Å². The van der Waals surface area contributed by atoms with Crippen molar-refractivity contribution in [1.82, 2.24) is 15.2 Å². The van der Waals surface area contributed by atoms with Gasteiger partial charge in [0.1, 0.15) is 0 Å². The first-order valence-electron chi connectivity index (χ1n) is 11.5. The van der Waals surface area contributed by atoms with Crippen molar-refractivity contribution in [3.05, 3.63) is 65.9 Å². The summed E-state index contributed by atoms with van der Waals surface area (Å²) in [7, 11) is 2.16. The number of likely N-dealkylation sites (N-methyl/N-ethyl adjacent to an activating group) is 1. The van der Waals surface area contributed by atoms with Crippen LogP contribution in [0.5, 0.6) is 0 Å². The molecule has 0 saturated carbocycles. The fraction of sp³-hybridized carbons (Fsp3) is 0.346. The molecule has 0 aliphatic carbocycles. The van der Waals surface area contributed by atoms with Crippen molar-refractivity contribution in [3.63, 3.8) is 0 Å². The van der Waals surface area contributed by atoms with Gasteiger partial charge in [-0.05, 0) is 56.6 Å². The number of rotatable bonds is 6. The Morgan fingerprint density at radius 1 is 0.970 bits per heavy atom. The molecule has 0 bridgehead atoms. The standard InChI is InChI=1S/C26H31N5O2/c1-19-18-24(22-7-3-4-8-23(22)28-19)29-26(33)25(32)27-13-5-6-20-9-11-21(12-10-20)31-16-14-30(2)15-17-31/h3-4,7-12,18H,5-6,13-17H2,1-2H3,(H,27,32)(H,28,29,33). The van der Waals surface area contributed by atoms with Crippen LogP contribution in [0.25, 0.3) is 10.9 Å². The Labute approximate surface area is 194 Å². The maximum atomic E-state index is 12.4. The van der Waals surface area contributed by atoms with E-state index in [0.29, 0.717) is 12.2 Å². The molecule has 1 aromatic heterocycles. The first-order chi connectivity index (χ1) is 16.0. The molecule has 3 aromatic rings. The van der Waals surface area contributed by atoms with Gasteiger partial charge >= 0.3 is 11.8 Å². The van der Waals surface area contributed by atoms with Gasteiger partial charge in [-0.25, -0.2) is 0 Å². The Hall–Kier alpha value is -3.45. The van der Waals surface area contributed by atoms with Gasteiger partial charge in [0, 0.05) is 49.5 Å². The summed E-state index contributed by atoms with van der Waals surface area (Å²) in [5, 5.41) is 6.26. The molecule has 7 nitrogen and oxygen atoms in total. The number of hydrogen-bond acceptors (Lipinski definition) is 5. The number of nitrogens with one attached hydrogen (secondary N) is 2. The molecule has 0 spiro atoms. The van der Waals surface area contributed by atoms with Gasteiger partial charge in [-0.3, -0.25) is 14.6 Å². The molecule has 4 rings (SSSR count). The molecular formula is C26H31N5O2. The second-order valence-electron chi connectivity index (χ2n) is 8.60. The van der Waals surface area contributed by atoms with Crippen LogP contribution in [0.3, 0.4) is 0 Å². The Bertz CT molecular complexity index is 1120. The van der Waals surface area contributed by atoms with Crippen molar-refractivity contribution in [2.75, 3.05) is 50.0 Å². The van der Waals surface area contributed by atoms with Gasteiger partial charge in [0.25, 0.3) is 0 Å². The van der Waals surface area contributed by atoms with E-state index in [0.717, 1.165) is 55.6 Å². The lowest BCUT2D eigenvalue weighted by Gasteiger charge is -2.34. The van der Waals surface area contributed by atoms with Crippen LogP contribution in [0.2, 0.25) is 0 Å². The molecule has 2 amide bonds. The molecule has 1 fully saturated rings. The Balaban J connectivity index is 1.23. The highest BCUT2D eigenvalue weighted by Gasteiger charge is 2.16. The smallest absolute Gasteiger partial charge is 0.313 e. The molecular weight excluding hydrogens is 414 g/mol. The number of hydrogen-bond donors (Lipinski definition) is 2. The minimum absolute atomic E-state index is 0.447. The average molecular weight is 446 g/mol. The summed E-state index contributed by atoms with van der Waals surface area (Å²) in [5.74, 6) is -1.29. The quantitative estimate of drug-likeness (QED) is 0.451. The van der Waals surface area contributed by atoms with Crippen molar-refractivity contribution in [1.29, 1.82) is 0 Å². The maximum absolute atomic E-state index is 12.4. The van der Waals surface area contributed by atoms with E-state index in [2.05, 4.69) is 56.7 Å². The van der Waals surface area contributed by atoms with Crippen LogP contribution in [0, 0.1) is 6.92 Å². The molecule has 172 valence electrons. The number of pyridine rings is 1. The number of benzene rings is 2. The fourth-order valence-corrected chi connectivity index (χ4v) is 4.10. The summed E-state index contributed by atoms with van der Waals surface area (Å²) in [6.07, 6.45) is 1.61. The van der Waals surface area contributed by atoms with Crippen LogP contribution >= 0.6 is 0 Å². The molecule has 0 atom stereocenters. The van der Waals surface area contributed by atoms with Crippen LogP contribution in [0.1, 0.15) is 17.7 Å². The lowest BCUT2D eigenvalue weighted by Crippen LogP contribution is -2.44. The SMILES string of the molecule is Cc1cc(NC(=O)C(=O)NCCCc2ccc(N3CCN(C)CC3)cc2)c2ccccc2n1. The monoisotopic (exact) mass is 445 g/mol. The Morgan fingerprint density at radius 3 is 2.45 bits per heavy atom. The molecule has 0 radical (unpaired) electrons. The van der Waals surface area contributed by atoms with E-state index >= 15 is 0 Å². The van der Waals surface area contributed by atoms with E-state index in [1.165, 1.54) is 11.3 Å². The number of para-hydroxylation sites is 1. The van der Waals surface area contributed by atoms with Gasteiger partial charge in [-0.15, -0.1) is 0 Å². The van der Waals surface area contributed by atoms with E-state index < -0.39 is 11.8 Å². The van der Waals surface area contributed by atoms with Crippen molar-refractivity contribution >= 4 is 34.1 Å². The number of anilines is 2. The van der Waals surface area contributed by atoms with Crippen molar-refractivity contribution in [2.24, 2.45) is 0 Å². The van der Waals surface area contributed by atoms with Gasteiger partial charge in [-0.1, -0.05) is 30.3 Å². The number of amides is 2. The van der Waals surface area contributed by atoms with Crippen LogP contribution < -0.4 is 15.5 Å². The summed E-state index contributed by atoms with van der Waals surface area (Å²) in [6, 6.07) is 18.0. The highest BCUT2D eigenvalue weighted by molar-refractivity contribution is 6.40. The van der Waals surface area contributed by atoms with Gasteiger partial charge in [0.05, 0.1) is 11.2 Å². The van der Waals surface area contributed by atoms with Crippen molar-refractivity contribution in [3.8, 4) is 0 Å². The maximum Gasteiger partial charge on any atom is 0.313 e. The van der Waals surface area contributed by atoms with Gasteiger partial charge in [0.2, 0.25) is 0 Å². The first-order valence-corrected chi connectivity index (χ1v) is 11.5. The van der Waals surface area contributed by atoms with Gasteiger partial charge < -0.3 is 20.4 Å². The summed E-state index contributed by atoms with van der Waals surface area (Å²) >= 11 is 0. The molecule has 2 aromatic carbocycles. The molecule has 2 N–H and O–H groups in total. The molecule has 33 heavy (non-hydrogen) atoms. The molecule has 1 aliphatic heterocycles. The third-order valence-electron chi connectivity index (χ3n) is 6.03. The topological polar surface area (TPSA) is 77.6 Å². The highest BCUT2D eigenvalue weighted by atomic mass is 16.2. The predicted octanol–water partition coefficient (Wildman–Crippen LogP) is 2.98. The molecule has 7 heteroatoms. The van der Waals surface area contributed by atoms with Gasteiger partial charge in [0.15, 0.2) is 0 Å². The predicted molar refractivity (Wildman–Crippen MR) is 133 cm³/mol. The third kappa shape index (κ3) is 5.87. The zero-order valence-corrected chi connectivity index (χ0v) is 19.3. The Kier molecular flexibility index (Phi) is 7.19. The van der Waals surface area contributed by atoms with Crippen LogP contribution in [-0.4, -0.2) is 61.5 Å². The van der Waals surface area contributed by atoms with E-state index in [9.17, 15) is 9.59 Å². The van der Waals surface area contributed by atoms with E-state index in [1.807, 2.05) is 31.2 Å². The second-order valence-corrected chi connectivity index (χ2v) is 8.60. The largest absolute Gasteiger partial charge is 0.369 e. The number of aromatic nitrogens is 1. The normalized spacial score (nSPS) is 14.3. The summed E-state index contributed by atoms with van der Waals surface area (Å²) in [4.78, 5) is 33.9. The highest BCUT2D eigenvalue weighted by Crippen LogP contribution is 2.23. The zero-order valence-electron chi connectivity index (χ0n) is 19.3. The summed E-state index contributed by atoms with van der Waals surface area (Å²) in [6.45, 7) is 6.60. The zero-order chi connectivity index (χ0) is 23.2. The minimum atomic E-state index is -0.665. The van der Waals surface area contributed by atoms with Crippen LogP contribution in [-0.2, 0) is 16.0 Å². The number of fused-ring (bicyclic) bond motifs is 1. The third-order valence-corrected chi connectivity index (χ3v) is 6.03. The number of carbonyl (C=O) groups is 2. The fourth-order valence-electron chi connectivity index (χ4n) is 4.10. The second kappa shape index (κ2) is 10.4. The van der Waals surface area contributed by atoms with E-state index in [-0.39, 0.29) is 0 Å². The minimum Gasteiger partial charge on any atom is -0.369 e. The summed E-state index contributed by atoms with van der Waals surface area (Å²) < 4.78 is 0. The molecule has 0 unspecified atom stereocenters. The average Bonchev–Trinajstić information content (AvgIpc) is 2.82. The lowest BCUT2D eigenvalue weighted by molar-refractivity contribution is -0.136. The van der Waals surface area contributed by atoms with Crippen LogP contribution in [0.15, 0.2) is 54.6 Å².